The first-order valence-corrected chi connectivity index (χ1v) is 8.50. The van der Waals surface area contributed by atoms with Crippen molar-refractivity contribution < 1.29 is 18.3 Å². The van der Waals surface area contributed by atoms with Crippen LogP contribution < -0.4 is 10.1 Å². The standard InChI is InChI=1S/C21H15F2N3O2/c22-14-5-10-20(17(23)11-14)28-12-21(27)25-15-6-8-16(9-7-15)26-13-24-18-3-1-2-4-19(18)26/h1-11,13H,12H2,(H,25,27). The van der Waals surface area contributed by atoms with Gasteiger partial charge in [0.25, 0.3) is 5.91 Å². The lowest BCUT2D eigenvalue weighted by Crippen LogP contribution is -2.20. The van der Waals surface area contributed by atoms with Gasteiger partial charge in [-0.1, -0.05) is 12.1 Å². The molecule has 4 rings (SSSR count). The smallest absolute Gasteiger partial charge is 0.262 e. The molecule has 0 aliphatic heterocycles. The number of hydrogen-bond donors (Lipinski definition) is 1. The third kappa shape index (κ3) is 3.68. The molecule has 0 saturated carbocycles. The van der Waals surface area contributed by atoms with Gasteiger partial charge in [0.15, 0.2) is 18.2 Å². The molecule has 1 N–H and O–H groups in total. The van der Waals surface area contributed by atoms with Gasteiger partial charge in [-0.15, -0.1) is 0 Å². The molecule has 0 spiro atoms. The Morgan fingerprint density at radius 1 is 1.04 bits per heavy atom. The molecule has 0 atom stereocenters. The zero-order chi connectivity index (χ0) is 19.5. The van der Waals surface area contributed by atoms with E-state index in [1.165, 1.54) is 0 Å². The van der Waals surface area contributed by atoms with Crippen LogP contribution in [0.5, 0.6) is 5.75 Å². The summed E-state index contributed by atoms with van der Waals surface area (Å²) in [6.45, 7) is -0.392. The summed E-state index contributed by atoms with van der Waals surface area (Å²) >= 11 is 0. The fourth-order valence-corrected chi connectivity index (χ4v) is 2.80. The maximum Gasteiger partial charge on any atom is 0.262 e. The minimum Gasteiger partial charge on any atom is -0.481 e. The van der Waals surface area contributed by atoms with Crippen molar-refractivity contribution in [3.8, 4) is 11.4 Å². The maximum atomic E-state index is 13.5. The molecular formula is C21H15F2N3O2. The van der Waals surface area contributed by atoms with E-state index < -0.39 is 24.1 Å². The lowest BCUT2D eigenvalue weighted by molar-refractivity contribution is -0.118. The van der Waals surface area contributed by atoms with Gasteiger partial charge < -0.3 is 10.1 Å². The molecule has 0 aliphatic rings. The molecule has 0 aliphatic carbocycles. The minimum atomic E-state index is -0.857. The molecule has 1 heterocycles. The average Bonchev–Trinajstić information content (AvgIpc) is 3.12. The number of anilines is 1. The van der Waals surface area contributed by atoms with Crippen LogP contribution in [-0.2, 0) is 4.79 Å². The highest BCUT2D eigenvalue weighted by atomic mass is 19.1. The van der Waals surface area contributed by atoms with Crippen LogP contribution >= 0.6 is 0 Å². The van der Waals surface area contributed by atoms with Gasteiger partial charge in [0.05, 0.1) is 11.0 Å². The zero-order valence-corrected chi connectivity index (χ0v) is 14.6. The zero-order valence-electron chi connectivity index (χ0n) is 14.6. The fraction of sp³-hybridized carbons (Fsp3) is 0.0476. The number of halogens is 2. The maximum absolute atomic E-state index is 13.5. The third-order valence-electron chi connectivity index (χ3n) is 4.14. The van der Waals surface area contributed by atoms with Crippen molar-refractivity contribution in [1.82, 2.24) is 9.55 Å². The Morgan fingerprint density at radius 2 is 1.82 bits per heavy atom. The number of fused-ring (bicyclic) bond motifs is 1. The second-order valence-electron chi connectivity index (χ2n) is 6.06. The number of nitrogens with one attached hydrogen (secondary N) is 1. The first kappa shape index (κ1) is 17.7. The number of imidazole rings is 1. The Morgan fingerprint density at radius 3 is 2.61 bits per heavy atom. The molecule has 1 aromatic heterocycles. The van der Waals surface area contributed by atoms with E-state index in [1.807, 2.05) is 41.0 Å². The van der Waals surface area contributed by atoms with Gasteiger partial charge in [0, 0.05) is 17.4 Å². The van der Waals surface area contributed by atoms with Gasteiger partial charge in [-0.05, 0) is 48.5 Å². The van der Waals surface area contributed by atoms with Crippen molar-refractivity contribution in [3.05, 3.63) is 84.7 Å². The SMILES string of the molecule is O=C(COc1ccc(F)cc1F)Nc1ccc(-n2cnc3ccccc32)cc1. The van der Waals surface area contributed by atoms with E-state index in [-0.39, 0.29) is 5.75 Å². The normalized spacial score (nSPS) is 10.8. The summed E-state index contributed by atoms with van der Waals surface area (Å²) in [6, 6.07) is 17.9. The first-order valence-electron chi connectivity index (χ1n) is 8.50. The molecule has 140 valence electrons. The number of hydrogen-bond acceptors (Lipinski definition) is 3. The molecule has 28 heavy (non-hydrogen) atoms. The Kier molecular flexibility index (Phi) is 4.72. The topological polar surface area (TPSA) is 56.1 Å². The summed E-state index contributed by atoms with van der Waals surface area (Å²) in [7, 11) is 0. The van der Waals surface area contributed by atoms with Crippen molar-refractivity contribution >= 4 is 22.6 Å². The summed E-state index contributed by atoms with van der Waals surface area (Å²) in [5, 5.41) is 2.67. The Hall–Kier alpha value is -3.74. The number of rotatable bonds is 5. The highest BCUT2D eigenvalue weighted by Gasteiger charge is 2.09. The second kappa shape index (κ2) is 7.48. The van der Waals surface area contributed by atoms with E-state index in [2.05, 4.69) is 10.3 Å². The fourth-order valence-electron chi connectivity index (χ4n) is 2.80. The van der Waals surface area contributed by atoms with E-state index in [4.69, 9.17) is 4.74 Å². The number of aromatic nitrogens is 2. The lowest BCUT2D eigenvalue weighted by Gasteiger charge is -2.09. The lowest BCUT2D eigenvalue weighted by atomic mass is 10.2. The number of ether oxygens (including phenoxy) is 1. The largest absolute Gasteiger partial charge is 0.481 e. The van der Waals surface area contributed by atoms with E-state index in [1.54, 1.807) is 18.5 Å². The van der Waals surface area contributed by atoms with Crippen LogP contribution in [0.3, 0.4) is 0 Å². The quantitative estimate of drug-likeness (QED) is 0.562. The number of para-hydroxylation sites is 2. The molecule has 0 bridgehead atoms. The Bertz CT molecular complexity index is 1140. The molecule has 3 aromatic carbocycles. The highest BCUT2D eigenvalue weighted by molar-refractivity contribution is 5.92. The van der Waals surface area contributed by atoms with Crippen LogP contribution in [0.15, 0.2) is 73.1 Å². The number of amides is 1. The molecule has 0 unspecified atom stereocenters. The number of carbonyl (C=O) groups is 1. The molecule has 0 radical (unpaired) electrons. The van der Waals surface area contributed by atoms with E-state index in [0.29, 0.717) is 11.8 Å². The predicted molar refractivity (Wildman–Crippen MR) is 102 cm³/mol. The van der Waals surface area contributed by atoms with Crippen molar-refractivity contribution in [2.24, 2.45) is 0 Å². The molecule has 1 amide bonds. The average molecular weight is 379 g/mol. The van der Waals surface area contributed by atoms with Gasteiger partial charge in [0.2, 0.25) is 0 Å². The number of benzene rings is 3. The predicted octanol–water partition coefficient (Wildman–Crippen LogP) is 4.32. The monoisotopic (exact) mass is 379 g/mol. The van der Waals surface area contributed by atoms with Gasteiger partial charge >= 0.3 is 0 Å². The van der Waals surface area contributed by atoms with Gasteiger partial charge in [-0.3, -0.25) is 9.36 Å². The molecule has 7 heteroatoms. The van der Waals surface area contributed by atoms with Crippen LogP contribution in [-0.4, -0.2) is 22.1 Å². The van der Waals surface area contributed by atoms with Crippen molar-refractivity contribution in [1.29, 1.82) is 0 Å². The van der Waals surface area contributed by atoms with E-state index in [9.17, 15) is 13.6 Å². The number of nitrogens with zero attached hydrogens (tertiary/aromatic N) is 2. The second-order valence-corrected chi connectivity index (χ2v) is 6.06. The summed E-state index contributed by atoms with van der Waals surface area (Å²) in [4.78, 5) is 16.4. The summed E-state index contributed by atoms with van der Waals surface area (Å²) in [5.41, 5.74) is 3.34. The van der Waals surface area contributed by atoms with E-state index in [0.717, 1.165) is 28.9 Å². The van der Waals surface area contributed by atoms with Crippen LogP contribution in [0.25, 0.3) is 16.7 Å². The van der Waals surface area contributed by atoms with E-state index >= 15 is 0 Å². The molecule has 4 aromatic rings. The summed E-state index contributed by atoms with van der Waals surface area (Å²) in [6.07, 6.45) is 1.74. The van der Waals surface area contributed by atoms with Gasteiger partial charge in [-0.25, -0.2) is 13.8 Å². The van der Waals surface area contributed by atoms with Crippen LogP contribution in [0, 0.1) is 11.6 Å². The Labute approximate surface area is 159 Å². The van der Waals surface area contributed by atoms with Gasteiger partial charge in [-0.2, -0.15) is 0 Å². The number of carbonyl (C=O) groups excluding carboxylic acids is 1. The van der Waals surface area contributed by atoms with Crippen molar-refractivity contribution in [2.45, 2.75) is 0 Å². The third-order valence-corrected chi connectivity index (χ3v) is 4.14. The summed E-state index contributed by atoms with van der Waals surface area (Å²) in [5.74, 6) is -2.20. The van der Waals surface area contributed by atoms with Crippen molar-refractivity contribution in [2.75, 3.05) is 11.9 Å². The molecule has 5 nitrogen and oxygen atoms in total. The highest BCUT2D eigenvalue weighted by Crippen LogP contribution is 2.20. The van der Waals surface area contributed by atoms with Crippen molar-refractivity contribution in [3.63, 3.8) is 0 Å². The van der Waals surface area contributed by atoms with Crippen LogP contribution in [0.2, 0.25) is 0 Å². The van der Waals surface area contributed by atoms with Crippen LogP contribution in [0.4, 0.5) is 14.5 Å². The summed E-state index contributed by atoms with van der Waals surface area (Å²) < 4.78 is 33.4. The van der Waals surface area contributed by atoms with Gasteiger partial charge in [0.1, 0.15) is 12.1 Å². The minimum absolute atomic E-state index is 0.182. The Balaban J connectivity index is 1.41. The molecule has 0 fully saturated rings. The molecule has 0 saturated heterocycles. The molecular weight excluding hydrogens is 364 g/mol. The van der Waals surface area contributed by atoms with Crippen LogP contribution in [0.1, 0.15) is 0 Å². The first-order chi connectivity index (χ1) is 13.6.